The van der Waals surface area contributed by atoms with Crippen LogP contribution in [0.4, 0.5) is 11.5 Å². The van der Waals surface area contributed by atoms with Crippen LogP contribution in [0, 0.1) is 0 Å². The highest BCUT2D eigenvalue weighted by atomic mass is 16.3. The summed E-state index contributed by atoms with van der Waals surface area (Å²) in [5, 5.41) is 13.2. The van der Waals surface area contributed by atoms with Crippen molar-refractivity contribution in [2.45, 2.75) is 50.7 Å². The lowest BCUT2D eigenvalue weighted by Gasteiger charge is -2.29. The van der Waals surface area contributed by atoms with Crippen LogP contribution in [-0.4, -0.2) is 35.3 Å². The molecule has 0 spiro atoms. The number of aromatic nitrogens is 1. The Morgan fingerprint density at radius 2 is 1.89 bits per heavy atom. The molecule has 0 unspecified atom stereocenters. The van der Waals surface area contributed by atoms with Gasteiger partial charge >= 0.3 is 0 Å². The van der Waals surface area contributed by atoms with Crippen LogP contribution in [0.25, 0.3) is 0 Å². The maximum Gasteiger partial charge on any atom is 0.151 e. The number of anilines is 2. The molecule has 0 amide bonds. The number of hydrogen-bond acceptors (Lipinski definition) is 4. The SMILES string of the molecule is OC1CCC(Nc2cccnc2N2CCCC2)CC1. The van der Waals surface area contributed by atoms with E-state index in [2.05, 4.69) is 21.3 Å². The molecule has 1 aromatic rings. The maximum absolute atomic E-state index is 9.57. The number of rotatable bonds is 3. The van der Waals surface area contributed by atoms with Crippen molar-refractivity contribution < 1.29 is 5.11 Å². The second-order valence-electron chi connectivity index (χ2n) is 5.72. The Hall–Kier alpha value is -1.29. The highest BCUT2D eigenvalue weighted by molar-refractivity contribution is 5.66. The molecule has 2 aliphatic rings. The average Bonchev–Trinajstić information content (AvgIpc) is 2.96. The third-order valence-corrected chi connectivity index (χ3v) is 4.25. The summed E-state index contributed by atoms with van der Waals surface area (Å²) in [6.45, 7) is 2.24. The van der Waals surface area contributed by atoms with E-state index in [-0.39, 0.29) is 6.10 Å². The quantitative estimate of drug-likeness (QED) is 0.877. The van der Waals surface area contributed by atoms with E-state index in [1.807, 2.05) is 12.3 Å². The van der Waals surface area contributed by atoms with Crippen molar-refractivity contribution in [2.75, 3.05) is 23.3 Å². The largest absolute Gasteiger partial charge is 0.393 e. The Balaban J connectivity index is 1.69. The molecule has 104 valence electrons. The molecule has 3 rings (SSSR count). The van der Waals surface area contributed by atoms with Crippen molar-refractivity contribution >= 4 is 11.5 Å². The predicted octanol–water partition coefficient (Wildman–Crippen LogP) is 2.40. The summed E-state index contributed by atoms with van der Waals surface area (Å²) in [5.41, 5.74) is 1.16. The van der Waals surface area contributed by atoms with Crippen LogP contribution >= 0.6 is 0 Å². The van der Waals surface area contributed by atoms with Gasteiger partial charge < -0.3 is 15.3 Å². The zero-order valence-corrected chi connectivity index (χ0v) is 11.4. The Morgan fingerprint density at radius 1 is 1.16 bits per heavy atom. The summed E-state index contributed by atoms with van der Waals surface area (Å²) >= 11 is 0. The fourth-order valence-electron chi connectivity index (χ4n) is 3.13. The predicted molar refractivity (Wildman–Crippen MR) is 77.6 cm³/mol. The van der Waals surface area contributed by atoms with E-state index in [1.165, 1.54) is 12.8 Å². The second kappa shape index (κ2) is 5.78. The Labute approximate surface area is 114 Å². The van der Waals surface area contributed by atoms with Gasteiger partial charge in [0.05, 0.1) is 11.8 Å². The molecule has 0 aromatic carbocycles. The van der Waals surface area contributed by atoms with Gasteiger partial charge in [0.25, 0.3) is 0 Å². The molecule has 1 aromatic heterocycles. The van der Waals surface area contributed by atoms with Crippen molar-refractivity contribution in [3.8, 4) is 0 Å². The van der Waals surface area contributed by atoms with Crippen molar-refractivity contribution in [1.82, 2.24) is 4.98 Å². The van der Waals surface area contributed by atoms with E-state index in [0.717, 1.165) is 50.3 Å². The van der Waals surface area contributed by atoms with Crippen molar-refractivity contribution in [2.24, 2.45) is 0 Å². The number of aliphatic hydroxyl groups excluding tert-OH is 1. The number of nitrogens with zero attached hydrogens (tertiary/aromatic N) is 2. The molecule has 4 heteroatoms. The van der Waals surface area contributed by atoms with Crippen molar-refractivity contribution in [3.05, 3.63) is 18.3 Å². The average molecular weight is 261 g/mol. The smallest absolute Gasteiger partial charge is 0.151 e. The minimum atomic E-state index is -0.0926. The normalized spacial score (nSPS) is 27.5. The third-order valence-electron chi connectivity index (χ3n) is 4.25. The lowest BCUT2D eigenvalue weighted by molar-refractivity contribution is 0.126. The van der Waals surface area contributed by atoms with Gasteiger partial charge in [-0.1, -0.05) is 0 Å². The molecular weight excluding hydrogens is 238 g/mol. The standard InChI is InChI=1S/C15H23N3O/c19-13-7-5-12(6-8-13)17-14-4-3-9-16-15(14)18-10-1-2-11-18/h3-4,9,12-13,17,19H,1-2,5-8,10-11H2. The molecule has 1 saturated heterocycles. The topological polar surface area (TPSA) is 48.4 Å². The Kier molecular flexibility index (Phi) is 3.87. The van der Waals surface area contributed by atoms with E-state index in [1.54, 1.807) is 0 Å². The summed E-state index contributed by atoms with van der Waals surface area (Å²) in [4.78, 5) is 6.93. The van der Waals surface area contributed by atoms with Gasteiger partial charge in [-0.15, -0.1) is 0 Å². The molecule has 1 aliphatic heterocycles. The van der Waals surface area contributed by atoms with Crippen LogP contribution in [0.15, 0.2) is 18.3 Å². The number of pyridine rings is 1. The van der Waals surface area contributed by atoms with E-state index in [9.17, 15) is 5.11 Å². The van der Waals surface area contributed by atoms with Gasteiger partial charge in [0, 0.05) is 25.3 Å². The molecule has 2 N–H and O–H groups in total. The van der Waals surface area contributed by atoms with Crippen LogP contribution in [0.2, 0.25) is 0 Å². The van der Waals surface area contributed by atoms with Gasteiger partial charge in [0.2, 0.25) is 0 Å². The molecule has 0 atom stereocenters. The molecule has 0 radical (unpaired) electrons. The first kappa shape index (κ1) is 12.7. The zero-order chi connectivity index (χ0) is 13.1. The molecule has 2 fully saturated rings. The molecule has 1 aliphatic carbocycles. The fourth-order valence-corrected chi connectivity index (χ4v) is 3.13. The van der Waals surface area contributed by atoms with Gasteiger partial charge in [0.15, 0.2) is 5.82 Å². The number of hydrogen-bond donors (Lipinski definition) is 2. The van der Waals surface area contributed by atoms with Gasteiger partial charge in [-0.2, -0.15) is 0 Å². The van der Waals surface area contributed by atoms with Gasteiger partial charge in [0.1, 0.15) is 0 Å². The summed E-state index contributed by atoms with van der Waals surface area (Å²) in [6.07, 6.45) is 8.25. The summed E-state index contributed by atoms with van der Waals surface area (Å²) in [6, 6.07) is 4.61. The van der Waals surface area contributed by atoms with Crippen molar-refractivity contribution in [3.63, 3.8) is 0 Å². The number of aliphatic hydroxyl groups is 1. The minimum Gasteiger partial charge on any atom is -0.393 e. The third kappa shape index (κ3) is 3.00. The minimum absolute atomic E-state index is 0.0926. The molecule has 19 heavy (non-hydrogen) atoms. The molecule has 1 saturated carbocycles. The fraction of sp³-hybridized carbons (Fsp3) is 0.667. The first-order valence-electron chi connectivity index (χ1n) is 7.47. The van der Waals surface area contributed by atoms with E-state index >= 15 is 0 Å². The first-order chi connectivity index (χ1) is 9.33. The van der Waals surface area contributed by atoms with Gasteiger partial charge in [-0.05, 0) is 50.7 Å². The monoisotopic (exact) mass is 261 g/mol. The maximum atomic E-state index is 9.57. The van der Waals surface area contributed by atoms with E-state index in [0.29, 0.717) is 6.04 Å². The molecule has 2 heterocycles. The zero-order valence-electron chi connectivity index (χ0n) is 11.4. The summed E-state index contributed by atoms with van der Waals surface area (Å²) < 4.78 is 0. The van der Waals surface area contributed by atoms with Crippen LogP contribution in [0.3, 0.4) is 0 Å². The number of nitrogens with one attached hydrogen (secondary N) is 1. The summed E-state index contributed by atoms with van der Waals surface area (Å²) in [7, 11) is 0. The van der Waals surface area contributed by atoms with E-state index in [4.69, 9.17) is 0 Å². The van der Waals surface area contributed by atoms with Gasteiger partial charge in [-0.3, -0.25) is 0 Å². The van der Waals surface area contributed by atoms with Crippen LogP contribution < -0.4 is 10.2 Å². The first-order valence-corrected chi connectivity index (χ1v) is 7.47. The lowest BCUT2D eigenvalue weighted by Crippen LogP contribution is -2.29. The van der Waals surface area contributed by atoms with Crippen LogP contribution in [-0.2, 0) is 0 Å². The van der Waals surface area contributed by atoms with Crippen molar-refractivity contribution in [1.29, 1.82) is 0 Å². The van der Waals surface area contributed by atoms with Crippen LogP contribution in [0.5, 0.6) is 0 Å². The van der Waals surface area contributed by atoms with Gasteiger partial charge in [-0.25, -0.2) is 4.98 Å². The lowest BCUT2D eigenvalue weighted by atomic mass is 9.93. The Morgan fingerprint density at radius 3 is 2.63 bits per heavy atom. The highest BCUT2D eigenvalue weighted by Gasteiger charge is 2.22. The molecular formula is C15H23N3O. The highest BCUT2D eigenvalue weighted by Crippen LogP contribution is 2.29. The Bertz CT molecular complexity index is 410. The molecule has 0 bridgehead atoms. The summed E-state index contributed by atoms with van der Waals surface area (Å²) in [5.74, 6) is 1.10. The molecule has 4 nitrogen and oxygen atoms in total. The second-order valence-corrected chi connectivity index (χ2v) is 5.72. The van der Waals surface area contributed by atoms with Crippen LogP contribution in [0.1, 0.15) is 38.5 Å². The van der Waals surface area contributed by atoms with E-state index < -0.39 is 0 Å².